The molecule has 2 rings (SSSR count). The van der Waals surface area contributed by atoms with E-state index in [9.17, 15) is 0 Å². The molecule has 1 fully saturated rings. The molecule has 0 aliphatic carbocycles. The van der Waals surface area contributed by atoms with Crippen LogP contribution in [0.1, 0.15) is 57.7 Å². The van der Waals surface area contributed by atoms with Crippen molar-refractivity contribution in [1.82, 2.24) is 9.88 Å². The Balaban J connectivity index is 1.85. The van der Waals surface area contributed by atoms with E-state index in [-0.39, 0.29) is 0 Å². The van der Waals surface area contributed by atoms with Crippen molar-refractivity contribution in [3.63, 3.8) is 0 Å². The smallest absolute Gasteiger partial charge is 0.0544 e. The minimum absolute atomic E-state index is 0.573. The van der Waals surface area contributed by atoms with Gasteiger partial charge in [-0.3, -0.25) is 9.88 Å². The molecule has 0 radical (unpaired) electrons. The van der Waals surface area contributed by atoms with E-state index < -0.39 is 0 Å². The molecule has 106 valence electrons. The highest BCUT2D eigenvalue weighted by molar-refractivity contribution is 5.17. The summed E-state index contributed by atoms with van der Waals surface area (Å²) >= 11 is 0. The van der Waals surface area contributed by atoms with Crippen molar-refractivity contribution in [2.75, 3.05) is 13.1 Å². The molecule has 1 aromatic rings. The molecule has 0 aromatic carbocycles. The van der Waals surface area contributed by atoms with E-state index in [2.05, 4.69) is 49.7 Å². The third-order valence-corrected chi connectivity index (χ3v) is 4.47. The van der Waals surface area contributed by atoms with E-state index in [1.54, 1.807) is 0 Å². The van der Waals surface area contributed by atoms with Crippen molar-refractivity contribution in [2.24, 2.45) is 11.8 Å². The van der Waals surface area contributed by atoms with Crippen LogP contribution in [0.5, 0.6) is 0 Å². The minimum Gasteiger partial charge on any atom is -0.297 e. The number of rotatable bonds is 4. The van der Waals surface area contributed by atoms with Crippen LogP contribution >= 0.6 is 0 Å². The standard InChI is InChI=1S/C17H28N2/c1-13(2)15-7-9-19(10-8-15)12-17-6-5-16(11-18-17)14(3)4/h5-6,11,13-15H,7-10,12H2,1-4H3. The summed E-state index contributed by atoms with van der Waals surface area (Å²) in [5.41, 5.74) is 2.55. The van der Waals surface area contributed by atoms with Crippen LogP contribution in [-0.2, 0) is 6.54 Å². The third kappa shape index (κ3) is 4.04. The van der Waals surface area contributed by atoms with Crippen molar-refractivity contribution in [3.8, 4) is 0 Å². The van der Waals surface area contributed by atoms with Crippen molar-refractivity contribution in [1.29, 1.82) is 0 Å². The first-order valence-electron chi connectivity index (χ1n) is 7.73. The summed E-state index contributed by atoms with van der Waals surface area (Å²) in [6, 6.07) is 4.43. The normalized spacial score (nSPS) is 18.4. The van der Waals surface area contributed by atoms with Crippen molar-refractivity contribution < 1.29 is 0 Å². The molecule has 0 bridgehead atoms. The lowest BCUT2D eigenvalue weighted by Crippen LogP contribution is -2.34. The fraction of sp³-hybridized carbons (Fsp3) is 0.706. The number of pyridine rings is 1. The SMILES string of the molecule is CC(C)c1ccc(CN2CCC(C(C)C)CC2)nc1. The molecule has 1 aliphatic rings. The molecule has 19 heavy (non-hydrogen) atoms. The van der Waals surface area contributed by atoms with Gasteiger partial charge in [0.15, 0.2) is 0 Å². The second kappa shape index (κ2) is 6.51. The molecule has 0 saturated carbocycles. The Kier molecular flexibility index (Phi) is 4.98. The van der Waals surface area contributed by atoms with Gasteiger partial charge in [-0.2, -0.15) is 0 Å². The van der Waals surface area contributed by atoms with Gasteiger partial charge in [0, 0.05) is 12.7 Å². The minimum atomic E-state index is 0.573. The number of nitrogens with zero attached hydrogens (tertiary/aromatic N) is 2. The van der Waals surface area contributed by atoms with Gasteiger partial charge in [0.05, 0.1) is 5.69 Å². The highest BCUT2D eigenvalue weighted by Crippen LogP contribution is 2.25. The lowest BCUT2D eigenvalue weighted by molar-refractivity contribution is 0.150. The molecule has 2 heteroatoms. The molecule has 0 amide bonds. The zero-order chi connectivity index (χ0) is 13.8. The van der Waals surface area contributed by atoms with Gasteiger partial charge >= 0.3 is 0 Å². The van der Waals surface area contributed by atoms with E-state index in [0.717, 1.165) is 18.4 Å². The largest absolute Gasteiger partial charge is 0.297 e. The summed E-state index contributed by atoms with van der Waals surface area (Å²) in [4.78, 5) is 7.16. The zero-order valence-corrected chi connectivity index (χ0v) is 12.9. The van der Waals surface area contributed by atoms with Crippen LogP contribution in [0.2, 0.25) is 0 Å². The Hall–Kier alpha value is -0.890. The maximum absolute atomic E-state index is 4.61. The third-order valence-electron chi connectivity index (χ3n) is 4.47. The molecule has 1 aromatic heterocycles. The molecular formula is C17H28N2. The number of hydrogen-bond acceptors (Lipinski definition) is 2. The first kappa shape index (κ1) is 14.5. The van der Waals surface area contributed by atoms with Gasteiger partial charge in [-0.1, -0.05) is 33.8 Å². The lowest BCUT2D eigenvalue weighted by Gasteiger charge is -2.33. The predicted molar refractivity (Wildman–Crippen MR) is 81.2 cm³/mol. The van der Waals surface area contributed by atoms with Gasteiger partial charge in [-0.05, 0) is 55.3 Å². The van der Waals surface area contributed by atoms with Crippen LogP contribution in [-0.4, -0.2) is 23.0 Å². The topological polar surface area (TPSA) is 16.1 Å². The second-order valence-corrected chi connectivity index (χ2v) is 6.60. The van der Waals surface area contributed by atoms with Crippen LogP contribution in [0.15, 0.2) is 18.3 Å². The fourth-order valence-corrected chi connectivity index (χ4v) is 2.88. The average molecular weight is 260 g/mol. The van der Waals surface area contributed by atoms with E-state index in [1.807, 2.05) is 6.20 Å². The molecule has 0 N–H and O–H groups in total. The predicted octanol–water partition coefficient (Wildman–Crippen LogP) is 4.07. The van der Waals surface area contributed by atoms with E-state index in [1.165, 1.54) is 37.2 Å². The molecule has 1 saturated heterocycles. The van der Waals surface area contributed by atoms with Gasteiger partial charge in [0.1, 0.15) is 0 Å². The number of likely N-dealkylation sites (tertiary alicyclic amines) is 1. The van der Waals surface area contributed by atoms with Crippen molar-refractivity contribution >= 4 is 0 Å². The Morgan fingerprint density at radius 1 is 1.16 bits per heavy atom. The monoisotopic (exact) mass is 260 g/mol. The maximum atomic E-state index is 4.61. The molecule has 0 unspecified atom stereocenters. The molecule has 2 nitrogen and oxygen atoms in total. The second-order valence-electron chi connectivity index (χ2n) is 6.60. The van der Waals surface area contributed by atoms with E-state index >= 15 is 0 Å². The molecule has 0 spiro atoms. The van der Waals surface area contributed by atoms with E-state index in [0.29, 0.717) is 5.92 Å². The molecule has 2 heterocycles. The van der Waals surface area contributed by atoms with Gasteiger partial charge in [0.25, 0.3) is 0 Å². The summed E-state index contributed by atoms with van der Waals surface area (Å²) in [6.45, 7) is 12.6. The number of piperidine rings is 1. The summed E-state index contributed by atoms with van der Waals surface area (Å²) in [5, 5.41) is 0. The lowest BCUT2D eigenvalue weighted by atomic mass is 9.87. The Morgan fingerprint density at radius 3 is 2.32 bits per heavy atom. The Labute approximate surface area is 118 Å². The number of aromatic nitrogens is 1. The Bertz CT molecular complexity index is 373. The van der Waals surface area contributed by atoms with Gasteiger partial charge in [-0.25, -0.2) is 0 Å². The quantitative estimate of drug-likeness (QED) is 0.811. The summed E-state index contributed by atoms with van der Waals surface area (Å²) < 4.78 is 0. The van der Waals surface area contributed by atoms with Crippen molar-refractivity contribution in [2.45, 2.75) is 53.0 Å². The first-order valence-corrected chi connectivity index (χ1v) is 7.73. The molecule has 0 atom stereocenters. The zero-order valence-electron chi connectivity index (χ0n) is 12.9. The maximum Gasteiger partial charge on any atom is 0.0544 e. The first-order chi connectivity index (χ1) is 9.06. The van der Waals surface area contributed by atoms with Crippen LogP contribution in [0.25, 0.3) is 0 Å². The van der Waals surface area contributed by atoms with Crippen LogP contribution in [0.4, 0.5) is 0 Å². The summed E-state index contributed by atoms with van der Waals surface area (Å²) in [5.74, 6) is 2.33. The van der Waals surface area contributed by atoms with Crippen LogP contribution < -0.4 is 0 Å². The molecular weight excluding hydrogens is 232 g/mol. The molecule has 1 aliphatic heterocycles. The number of hydrogen-bond donors (Lipinski definition) is 0. The van der Waals surface area contributed by atoms with Gasteiger partial charge in [0.2, 0.25) is 0 Å². The van der Waals surface area contributed by atoms with Crippen molar-refractivity contribution in [3.05, 3.63) is 29.6 Å². The van der Waals surface area contributed by atoms with Crippen LogP contribution in [0.3, 0.4) is 0 Å². The summed E-state index contributed by atoms with van der Waals surface area (Å²) in [6.07, 6.45) is 4.74. The average Bonchev–Trinajstić information content (AvgIpc) is 2.40. The summed E-state index contributed by atoms with van der Waals surface area (Å²) in [7, 11) is 0. The highest BCUT2D eigenvalue weighted by atomic mass is 15.1. The van der Waals surface area contributed by atoms with Gasteiger partial charge < -0.3 is 0 Å². The highest BCUT2D eigenvalue weighted by Gasteiger charge is 2.21. The van der Waals surface area contributed by atoms with Gasteiger partial charge in [-0.15, -0.1) is 0 Å². The van der Waals surface area contributed by atoms with E-state index in [4.69, 9.17) is 0 Å². The van der Waals surface area contributed by atoms with Crippen LogP contribution in [0, 0.1) is 11.8 Å². The fourth-order valence-electron chi connectivity index (χ4n) is 2.88. The Morgan fingerprint density at radius 2 is 1.84 bits per heavy atom.